The smallest absolute Gasteiger partial charge is 0.306 e. The molecular weight excluding hydrogens is 190 g/mol. The number of hydrogen-bond acceptors (Lipinski definition) is 2. The fourth-order valence-corrected chi connectivity index (χ4v) is 1.96. The third-order valence-electron chi connectivity index (χ3n) is 3.46. The molecule has 0 radical (unpaired) electrons. The minimum atomic E-state index is -0.668. The van der Waals surface area contributed by atoms with Gasteiger partial charge >= 0.3 is 5.97 Å². The van der Waals surface area contributed by atoms with Crippen molar-refractivity contribution in [3.05, 3.63) is 0 Å². The Hall–Kier alpha value is -0.570. The van der Waals surface area contributed by atoms with E-state index < -0.39 is 5.97 Å². The zero-order chi connectivity index (χ0) is 11.4. The summed E-state index contributed by atoms with van der Waals surface area (Å²) < 4.78 is 0. The zero-order valence-corrected chi connectivity index (χ0v) is 10.1. The van der Waals surface area contributed by atoms with Crippen LogP contribution in [0.15, 0.2) is 0 Å². The summed E-state index contributed by atoms with van der Waals surface area (Å²) in [7, 11) is 0. The molecule has 0 spiro atoms. The van der Waals surface area contributed by atoms with Crippen molar-refractivity contribution in [2.24, 2.45) is 17.8 Å². The minimum absolute atomic E-state index is 0.188. The van der Waals surface area contributed by atoms with Crippen LogP contribution in [0.25, 0.3) is 0 Å². The molecule has 1 unspecified atom stereocenters. The van der Waals surface area contributed by atoms with E-state index in [4.69, 9.17) is 5.11 Å². The van der Waals surface area contributed by atoms with Crippen molar-refractivity contribution >= 4 is 5.97 Å². The van der Waals surface area contributed by atoms with Gasteiger partial charge < -0.3 is 10.0 Å². The molecule has 0 aromatic heterocycles. The third kappa shape index (κ3) is 3.82. The number of hydrogen-bond donors (Lipinski definition) is 1. The monoisotopic (exact) mass is 213 g/mol. The fourth-order valence-electron chi connectivity index (χ4n) is 1.96. The lowest BCUT2D eigenvalue weighted by molar-refractivity contribution is -0.141. The summed E-state index contributed by atoms with van der Waals surface area (Å²) in [4.78, 5) is 13.0. The lowest BCUT2D eigenvalue weighted by Gasteiger charge is -2.41. The van der Waals surface area contributed by atoms with Crippen LogP contribution in [0.2, 0.25) is 0 Å². The van der Waals surface area contributed by atoms with E-state index in [0.29, 0.717) is 0 Å². The Morgan fingerprint density at radius 1 is 1.40 bits per heavy atom. The molecule has 1 rings (SSSR count). The molecule has 1 fully saturated rings. The van der Waals surface area contributed by atoms with Crippen LogP contribution in [-0.2, 0) is 4.79 Å². The van der Waals surface area contributed by atoms with Gasteiger partial charge in [0.05, 0.1) is 5.92 Å². The highest BCUT2D eigenvalue weighted by atomic mass is 16.4. The van der Waals surface area contributed by atoms with Crippen molar-refractivity contribution in [3.8, 4) is 0 Å². The molecule has 0 amide bonds. The number of carboxylic acid groups (broad SMARTS) is 1. The lowest BCUT2D eigenvalue weighted by atomic mass is 9.88. The first-order chi connectivity index (χ1) is 7.00. The molecule has 1 aliphatic rings. The summed E-state index contributed by atoms with van der Waals surface area (Å²) in [5.74, 6) is 0.798. The number of carboxylic acids is 1. The van der Waals surface area contributed by atoms with Crippen molar-refractivity contribution in [1.29, 1.82) is 0 Å². The Morgan fingerprint density at radius 2 is 2.00 bits per heavy atom. The molecule has 0 saturated carbocycles. The SMILES string of the molecule is CC(CCCN1CC(C(C)C)C1)C(=O)O. The summed E-state index contributed by atoms with van der Waals surface area (Å²) in [5, 5.41) is 8.72. The van der Waals surface area contributed by atoms with Gasteiger partial charge in [-0.15, -0.1) is 0 Å². The van der Waals surface area contributed by atoms with Gasteiger partial charge in [0.1, 0.15) is 0 Å². The van der Waals surface area contributed by atoms with Gasteiger partial charge in [-0.25, -0.2) is 0 Å². The Bertz CT molecular complexity index is 210. The molecule has 0 aromatic rings. The van der Waals surface area contributed by atoms with Crippen molar-refractivity contribution in [2.75, 3.05) is 19.6 Å². The van der Waals surface area contributed by atoms with E-state index >= 15 is 0 Å². The molecule has 1 atom stereocenters. The Labute approximate surface area is 92.5 Å². The minimum Gasteiger partial charge on any atom is -0.481 e. The molecule has 3 heteroatoms. The molecular formula is C12H23NO2. The van der Waals surface area contributed by atoms with E-state index in [-0.39, 0.29) is 5.92 Å². The number of likely N-dealkylation sites (tertiary alicyclic amines) is 1. The molecule has 3 nitrogen and oxygen atoms in total. The molecule has 1 N–H and O–H groups in total. The normalized spacial score (nSPS) is 20.3. The van der Waals surface area contributed by atoms with Crippen LogP contribution in [0.5, 0.6) is 0 Å². The predicted octanol–water partition coefficient (Wildman–Crippen LogP) is 2.08. The zero-order valence-electron chi connectivity index (χ0n) is 10.1. The average molecular weight is 213 g/mol. The van der Waals surface area contributed by atoms with E-state index in [1.54, 1.807) is 6.92 Å². The van der Waals surface area contributed by atoms with Crippen molar-refractivity contribution in [3.63, 3.8) is 0 Å². The second-order valence-electron chi connectivity index (χ2n) is 5.15. The van der Waals surface area contributed by atoms with Crippen LogP contribution < -0.4 is 0 Å². The van der Waals surface area contributed by atoms with Crippen LogP contribution in [0, 0.1) is 17.8 Å². The van der Waals surface area contributed by atoms with E-state index in [1.807, 2.05) is 0 Å². The second kappa shape index (κ2) is 5.50. The van der Waals surface area contributed by atoms with Crippen LogP contribution in [0.4, 0.5) is 0 Å². The largest absolute Gasteiger partial charge is 0.481 e. The molecule has 0 aliphatic carbocycles. The first-order valence-corrected chi connectivity index (χ1v) is 5.96. The lowest BCUT2D eigenvalue weighted by Crippen LogP contribution is -2.49. The van der Waals surface area contributed by atoms with E-state index in [0.717, 1.165) is 31.2 Å². The van der Waals surface area contributed by atoms with Crippen molar-refractivity contribution in [2.45, 2.75) is 33.6 Å². The molecule has 1 aliphatic heterocycles. The molecule has 1 saturated heterocycles. The highest BCUT2D eigenvalue weighted by Gasteiger charge is 2.28. The second-order valence-corrected chi connectivity index (χ2v) is 5.15. The van der Waals surface area contributed by atoms with Gasteiger partial charge in [-0.3, -0.25) is 4.79 Å². The maximum Gasteiger partial charge on any atom is 0.306 e. The number of carbonyl (C=O) groups is 1. The molecule has 1 heterocycles. The van der Waals surface area contributed by atoms with E-state index in [2.05, 4.69) is 18.7 Å². The number of rotatable bonds is 6. The molecule has 0 aromatic carbocycles. The van der Waals surface area contributed by atoms with Crippen molar-refractivity contribution < 1.29 is 9.90 Å². The topological polar surface area (TPSA) is 40.5 Å². The van der Waals surface area contributed by atoms with Crippen LogP contribution in [0.3, 0.4) is 0 Å². The van der Waals surface area contributed by atoms with Crippen molar-refractivity contribution in [1.82, 2.24) is 4.90 Å². The summed E-state index contributed by atoms with van der Waals surface area (Å²) >= 11 is 0. The summed E-state index contributed by atoms with van der Waals surface area (Å²) in [6, 6.07) is 0. The molecule has 0 bridgehead atoms. The standard InChI is InChI=1S/C12H23NO2/c1-9(2)11-7-13(8-11)6-4-5-10(3)12(14)15/h9-11H,4-8H2,1-3H3,(H,14,15). The Kier molecular flexibility index (Phi) is 4.58. The van der Waals surface area contributed by atoms with Gasteiger partial charge in [0.2, 0.25) is 0 Å². The van der Waals surface area contributed by atoms with Crippen LogP contribution in [0.1, 0.15) is 33.6 Å². The molecule has 15 heavy (non-hydrogen) atoms. The average Bonchev–Trinajstić information content (AvgIpc) is 2.07. The summed E-state index contributed by atoms with van der Waals surface area (Å²) in [6.07, 6.45) is 1.82. The highest BCUT2D eigenvalue weighted by Crippen LogP contribution is 2.23. The van der Waals surface area contributed by atoms with E-state index in [9.17, 15) is 4.79 Å². The fraction of sp³-hybridized carbons (Fsp3) is 0.917. The quantitative estimate of drug-likeness (QED) is 0.734. The Morgan fingerprint density at radius 3 is 2.47 bits per heavy atom. The summed E-state index contributed by atoms with van der Waals surface area (Å²) in [5.41, 5.74) is 0. The van der Waals surface area contributed by atoms with Gasteiger partial charge in [0.15, 0.2) is 0 Å². The van der Waals surface area contributed by atoms with Crippen LogP contribution >= 0.6 is 0 Å². The number of nitrogens with zero attached hydrogens (tertiary/aromatic N) is 1. The predicted molar refractivity (Wildman–Crippen MR) is 60.8 cm³/mol. The van der Waals surface area contributed by atoms with E-state index in [1.165, 1.54) is 13.1 Å². The maximum absolute atomic E-state index is 10.6. The van der Waals surface area contributed by atoms with Crippen LogP contribution in [-0.4, -0.2) is 35.6 Å². The van der Waals surface area contributed by atoms with Gasteiger partial charge in [0, 0.05) is 13.1 Å². The van der Waals surface area contributed by atoms with Gasteiger partial charge in [-0.2, -0.15) is 0 Å². The summed E-state index contributed by atoms with van der Waals surface area (Å²) in [6.45, 7) is 9.82. The highest BCUT2D eigenvalue weighted by molar-refractivity contribution is 5.69. The molecule has 88 valence electrons. The van der Waals surface area contributed by atoms with Gasteiger partial charge in [0.25, 0.3) is 0 Å². The first kappa shape index (κ1) is 12.5. The van der Waals surface area contributed by atoms with Gasteiger partial charge in [-0.05, 0) is 31.2 Å². The maximum atomic E-state index is 10.6. The Balaban J connectivity index is 2.02. The first-order valence-electron chi connectivity index (χ1n) is 5.96. The third-order valence-corrected chi connectivity index (χ3v) is 3.46. The number of aliphatic carboxylic acids is 1. The van der Waals surface area contributed by atoms with Gasteiger partial charge in [-0.1, -0.05) is 20.8 Å².